The van der Waals surface area contributed by atoms with Gasteiger partial charge in [0.05, 0.1) is 36.8 Å². The number of anilines is 2. The Morgan fingerprint density at radius 2 is 1.66 bits per heavy atom. The monoisotopic (exact) mass is 698 g/mol. The maximum absolute atomic E-state index is 12.7. The first-order valence-corrected chi connectivity index (χ1v) is 17.8. The van der Waals surface area contributed by atoms with E-state index in [2.05, 4.69) is 21.0 Å². The molecular weight excluding hydrogens is 660 g/mol. The first kappa shape index (κ1) is 35.7. The Balaban J connectivity index is 1.37. The number of hydrogen-bond donors (Lipinski definition) is 3. The normalized spacial score (nSPS) is 14.0. The molecule has 13 heteroatoms. The van der Waals surface area contributed by atoms with Crippen LogP contribution >= 0.6 is 0 Å². The van der Waals surface area contributed by atoms with Crippen molar-refractivity contribution < 1.29 is 37.3 Å². The fourth-order valence-corrected chi connectivity index (χ4v) is 6.08. The smallest absolute Gasteiger partial charge is 0.322 e. The van der Waals surface area contributed by atoms with Crippen LogP contribution in [0.5, 0.6) is 17.2 Å². The Kier molecular flexibility index (Phi) is 11.6. The molecule has 50 heavy (non-hydrogen) atoms. The number of carbonyl (C=O) groups is 2. The molecule has 4 aromatic carbocycles. The highest BCUT2D eigenvalue weighted by atomic mass is 32.2. The van der Waals surface area contributed by atoms with Crippen LogP contribution in [-0.4, -0.2) is 58.0 Å². The predicted molar refractivity (Wildman–Crippen MR) is 188 cm³/mol. The van der Waals surface area contributed by atoms with Crippen LogP contribution in [0.25, 0.3) is 0 Å². The molecule has 0 spiro atoms. The molecule has 260 valence electrons. The van der Waals surface area contributed by atoms with Crippen molar-refractivity contribution in [1.82, 2.24) is 5.32 Å². The molecular formula is C37H38N4O8S. The summed E-state index contributed by atoms with van der Waals surface area (Å²) >= 11 is 0. The quantitative estimate of drug-likeness (QED) is 0.145. The summed E-state index contributed by atoms with van der Waals surface area (Å²) in [4.78, 5) is 25.9. The summed E-state index contributed by atoms with van der Waals surface area (Å²) in [7, 11) is -3.49. The van der Waals surface area contributed by atoms with Crippen LogP contribution in [0.15, 0.2) is 84.9 Å². The number of nitrogens with one attached hydrogen (secondary N) is 2. The van der Waals surface area contributed by atoms with Crippen molar-refractivity contribution in [3.63, 3.8) is 0 Å². The minimum atomic E-state index is -3.49. The Hall–Kier alpha value is -5.58. The van der Waals surface area contributed by atoms with Gasteiger partial charge in [-0.3, -0.25) is 14.3 Å². The van der Waals surface area contributed by atoms with Gasteiger partial charge in [0, 0.05) is 42.9 Å². The molecule has 1 unspecified atom stereocenters. The Labute approximate surface area is 291 Å². The van der Waals surface area contributed by atoms with Gasteiger partial charge in [0.2, 0.25) is 10.0 Å². The van der Waals surface area contributed by atoms with Crippen LogP contribution in [0.4, 0.5) is 11.4 Å². The van der Waals surface area contributed by atoms with Gasteiger partial charge in [-0.05, 0) is 78.6 Å². The summed E-state index contributed by atoms with van der Waals surface area (Å²) in [6.07, 6.45) is 1.99. The average Bonchev–Trinajstić information content (AvgIpc) is 3.61. The summed E-state index contributed by atoms with van der Waals surface area (Å²) in [6, 6.07) is 27.1. The van der Waals surface area contributed by atoms with E-state index in [1.165, 1.54) is 6.07 Å². The molecule has 0 saturated carbocycles. The first-order chi connectivity index (χ1) is 24.0. The number of nitriles is 1. The van der Waals surface area contributed by atoms with Gasteiger partial charge in [0.15, 0.2) is 0 Å². The molecule has 0 radical (unpaired) electrons. The fourth-order valence-electron chi connectivity index (χ4n) is 5.46. The zero-order valence-corrected chi connectivity index (χ0v) is 28.5. The molecule has 1 heterocycles. The fraction of sp³-hybridized carbons (Fsp3) is 0.270. The van der Waals surface area contributed by atoms with Crippen molar-refractivity contribution in [2.75, 3.05) is 42.2 Å². The number of carbonyl (C=O) groups excluding carboxylic acids is 1. The molecule has 1 amide bonds. The molecule has 1 saturated heterocycles. The lowest BCUT2D eigenvalue weighted by Crippen LogP contribution is -2.29. The predicted octanol–water partition coefficient (Wildman–Crippen LogP) is 5.47. The lowest BCUT2D eigenvalue weighted by atomic mass is 10.1. The molecule has 0 aliphatic carbocycles. The van der Waals surface area contributed by atoms with Crippen molar-refractivity contribution in [2.24, 2.45) is 5.92 Å². The van der Waals surface area contributed by atoms with E-state index in [1.807, 2.05) is 37.3 Å². The van der Waals surface area contributed by atoms with E-state index in [-0.39, 0.29) is 11.5 Å². The van der Waals surface area contributed by atoms with E-state index in [1.54, 1.807) is 48.5 Å². The number of amides is 1. The summed E-state index contributed by atoms with van der Waals surface area (Å²) in [5, 5.41) is 20.6. The van der Waals surface area contributed by atoms with Gasteiger partial charge in [-0.15, -0.1) is 0 Å². The number of hydrogen-bond acceptors (Lipinski definition) is 9. The highest BCUT2D eigenvalue weighted by Crippen LogP contribution is 2.32. The van der Waals surface area contributed by atoms with Crippen LogP contribution in [0.2, 0.25) is 0 Å². The Morgan fingerprint density at radius 3 is 2.28 bits per heavy atom. The van der Waals surface area contributed by atoms with Crippen LogP contribution in [0.3, 0.4) is 0 Å². The number of carboxylic acid groups (broad SMARTS) is 1. The molecule has 1 aliphatic heterocycles. The van der Waals surface area contributed by atoms with E-state index in [0.29, 0.717) is 61.4 Å². The van der Waals surface area contributed by atoms with Gasteiger partial charge in [0.1, 0.15) is 23.8 Å². The lowest BCUT2D eigenvalue weighted by molar-refractivity contribution is -0.135. The topological polar surface area (TPSA) is 167 Å². The third-order valence-corrected chi connectivity index (χ3v) is 8.57. The molecule has 0 bridgehead atoms. The number of carboxylic acids is 1. The third kappa shape index (κ3) is 10.2. The van der Waals surface area contributed by atoms with Gasteiger partial charge < -0.3 is 29.5 Å². The second-order valence-electron chi connectivity index (χ2n) is 12.0. The van der Waals surface area contributed by atoms with Crippen LogP contribution in [-0.2, 0) is 32.6 Å². The largest absolute Gasteiger partial charge is 0.493 e. The minimum Gasteiger partial charge on any atom is -0.493 e. The number of aliphatic carboxylic acids is 1. The molecule has 5 rings (SSSR count). The van der Waals surface area contributed by atoms with Crippen molar-refractivity contribution in [1.29, 1.82) is 5.26 Å². The van der Waals surface area contributed by atoms with Crippen molar-refractivity contribution in [2.45, 2.75) is 26.4 Å². The van der Waals surface area contributed by atoms with Crippen LogP contribution < -0.4 is 24.4 Å². The minimum absolute atomic E-state index is 0.194. The van der Waals surface area contributed by atoms with E-state index in [0.717, 1.165) is 35.1 Å². The lowest BCUT2D eigenvalue weighted by Gasteiger charge is -2.28. The van der Waals surface area contributed by atoms with E-state index < -0.39 is 28.4 Å². The van der Waals surface area contributed by atoms with E-state index >= 15 is 0 Å². The second kappa shape index (κ2) is 16.2. The summed E-state index contributed by atoms with van der Waals surface area (Å²) in [5.74, 6) is -0.251. The summed E-state index contributed by atoms with van der Waals surface area (Å²) < 4.78 is 44.2. The van der Waals surface area contributed by atoms with Crippen LogP contribution in [0.1, 0.15) is 39.0 Å². The average molecular weight is 699 g/mol. The highest BCUT2D eigenvalue weighted by Gasteiger charge is 2.19. The molecule has 4 aromatic rings. The van der Waals surface area contributed by atoms with Gasteiger partial charge in [-0.25, -0.2) is 8.42 Å². The first-order valence-electron chi connectivity index (χ1n) is 15.9. The second-order valence-corrected chi connectivity index (χ2v) is 13.8. The van der Waals surface area contributed by atoms with E-state index in [4.69, 9.17) is 19.3 Å². The van der Waals surface area contributed by atoms with Gasteiger partial charge >= 0.3 is 5.97 Å². The summed E-state index contributed by atoms with van der Waals surface area (Å²) in [5.41, 5.74) is 4.74. The molecule has 1 fully saturated rings. The van der Waals surface area contributed by atoms with Crippen molar-refractivity contribution >= 4 is 33.3 Å². The molecule has 1 aliphatic rings. The molecule has 3 N–H and O–H groups in total. The number of ether oxygens (including phenoxy) is 3. The SMILES string of the molecule is Cc1c(NS(C)(=O)=O)cccc1N(Cc1ccc(C#N)cc1)Cc1ccc(Oc2cc(OCC3CCOC3)cc(C(=O)NCC(=O)O)c2)cc1. The summed E-state index contributed by atoms with van der Waals surface area (Å²) in [6.45, 7) is 3.96. The maximum atomic E-state index is 12.7. The van der Waals surface area contributed by atoms with Gasteiger partial charge in [-0.1, -0.05) is 30.3 Å². The standard InChI is InChI=1S/C37H38N4O8S/c1-25-34(40-50(2,45)46)4-3-5-35(25)41(21-27-8-6-26(19-38)7-9-27)22-28-10-12-31(13-11-28)49-33-17-30(37(44)39-20-36(42)43)16-32(18-33)48-24-29-14-15-47-23-29/h3-13,16-18,29,40H,14-15,20-24H2,1-2H3,(H,39,44)(H,42,43). The third-order valence-electron chi connectivity index (χ3n) is 7.98. The van der Waals surface area contributed by atoms with Crippen molar-refractivity contribution in [3.05, 3.63) is 113 Å². The van der Waals surface area contributed by atoms with Gasteiger partial charge in [0.25, 0.3) is 5.91 Å². The Morgan fingerprint density at radius 1 is 0.980 bits per heavy atom. The zero-order valence-electron chi connectivity index (χ0n) is 27.7. The molecule has 12 nitrogen and oxygen atoms in total. The molecule has 1 atom stereocenters. The number of benzene rings is 4. The molecule has 0 aromatic heterocycles. The highest BCUT2D eigenvalue weighted by molar-refractivity contribution is 7.92. The van der Waals surface area contributed by atoms with Crippen LogP contribution in [0, 0.1) is 24.2 Å². The zero-order chi connectivity index (χ0) is 35.7. The van der Waals surface area contributed by atoms with Crippen molar-refractivity contribution in [3.8, 4) is 23.3 Å². The van der Waals surface area contributed by atoms with E-state index in [9.17, 15) is 23.3 Å². The maximum Gasteiger partial charge on any atom is 0.322 e. The Bertz CT molecular complexity index is 1970. The number of nitrogens with zero attached hydrogens (tertiary/aromatic N) is 2. The number of sulfonamides is 1. The number of rotatable bonds is 15. The van der Waals surface area contributed by atoms with Gasteiger partial charge in [-0.2, -0.15) is 5.26 Å².